The van der Waals surface area contributed by atoms with Crippen LogP contribution in [-0.2, 0) is 24.0 Å². The molecule has 0 aromatic heterocycles. The van der Waals surface area contributed by atoms with Gasteiger partial charge in [-0.25, -0.2) is 4.79 Å². The average molecular weight is 458 g/mol. The first-order valence-corrected chi connectivity index (χ1v) is 10.9. The Labute approximate surface area is 189 Å². The van der Waals surface area contributed by atoms with Crippen molar-refractivity contribution in [1.29, 1.82) is 0 Å². The number of carbonyl (C=O) groups excluding carboxylic acids is 4. The first-order chi connectivity index (χ1) is 14.8. The fraction of sp³-hybridized carbons (Fsp3) is 0.762. The van der Waals surface area contributed by atoms with E-state index in [4.69, 9.17) is 11.5 Å². The molecule has 0 aliphatic rings. The highest BCUT2D eigenvalue weighted by Gasteiger charge is 2.34. The minimum absolute atomic E-state index is 0.132. The lowest BCUT2D eigenvalue weighted by Gasteiger charge is -2.30. The summed E-state index contributed by atoms with van der Waals surface area (Å²) in [6, 6.07) is -4.33. The summed E-state index contributed by atoms with van der Waals surface area (Å²) in [5, 5.41) is 16.8. The molecule has 0 fully saturated rings. The molecular formula is C21H39N5O6. The number of nitrogens with two attached hydrogens (primary N) is 2. The molecule has 0 aromatic carbocycles. The number of amides is 4. The van der Waals surface area contributed by atoms with Gasteiger partial charge < -0.3 is 32.5 Å². The van der Waals surface area contributed by atoms with E-state index in [1.54, 1.807) is 27.7 Å². The van der Waals surface area contributed by atoms with E-state index in [1.807, 2.05) is 13.8 Å². The first-order valence-electron chi connectivity index (χ1n) is 10.9. The SMILES string of the molecule is CCC(C)C(NC(=O)C(N)C(C)C)C(=O)NC(C(=O)NC(CC(N)=O)C(=O)O)C(C)CC. The molecule has 6 atom stereocenters. The second-order valence-electron chi connectivity index (χ2n) is 8.58. The molecule has 0 saturated heterocycles. The third-order valence-electron chi connectivity index (χ3n) is 5.63. The zero-order valence-electron chi connectivity index (χ0n) is 19.8. The molecule has 0 aliphatic carbocycles. The van der Waals surface area contributed by atoms with Crippen LogP contribution in [0.2, 0.25) is 0 Å². The van der Waals surface area contributed by atoms with Crippen molar-refractivity contribution in [2.45, 2.75) is 85.0 Å². The van der Waals surface area contributed by atoms with E-state index < -0.39 is 60.2 Å². The van der Waals surface area contributed by atoms with Gasteiger partial charge in [-0.1, -0.05) is 54.4 Å². The summed E-state index contributed by atoms with van der Waals surface area (Å²) >= 11 is 0. The Hall–Kier alpha value is -2.69. The van der Waals surface area contributed by atoms with Crippen molar-refractivity contribution in [1.82, 2.24) is 16.0 Å². The number of carbonyl (C=O) groups is 5. The molecule has 32 heavy (non-hydrogen) atoms. The second-order valence-corrected chi connectivity index (χ2v) is 8.58. The van der Waals surface area contributed by atoms with Crippen molar-refractivity contribution in [3.05, 3.63) is 0 Å². The highest BCUT2D eigenvalue weighted by Crippen LogP contribution is 2.13. The number of primary amides is 1. The van der Waals surface area contributed by atoms with Crippen LogP contribution in [-0.4, -0.2) is 58.9 Å². The maximum atomic E-state index is 13.1. The third-order valence-corrected chi connectivity index (χ3v) is 5.63. The Morgan fingerprint density at radius 1 is 0.781 bits per heavy atom. The summed E-state index contributed by atoms with van der Waals surface area (Å²) in [6.45, 7) is 10.8. The average Bonchev–Trinajstić information content (AvgIpc) is 2.72. The van der Waals surface area contributed by atoms with Crippen LogP contribution < -0.4 is 27.4 Å². The Bertz CT molecular complexity index is 684. The summed E-state index contributed by atoms with van der Waals surface area (Å²) in [7, 11) is 0. The van der Waals surface area contributed by atoms with Gasteiger partial charge in [-0.2, -0.15) is 0 Å². The molecule has 4 amide bonds. The largest absolute Gasteiger partial charge is 0.480 e. The number of carboxylic acids is 1. The van der Waals surface area contributed by atoms with E-state index in [9.17, 15) is 29.1 Å². The lowest BCUT2D eigenvalue weighted by molar-refractivity contribution is -0.144. The van der Waals surface area contributed by atoms with Gasteiger partial charge in [-0.3, -0.25) is 19.2 Å². The van der Waals surface area contributed by atoms with Gasteiger partial charge in [0, 0.05) is 0 Å². The van der Waals surface area contributed by atoms with Crippen LogP contribution >= 0.6 is 0 Å². The highest BCUT2D eigenvalue weighted by atomic mass is 16.4. The number of carboxylic acid groups (broad SMARTS) is 1. The van der Waals surface area contributed by atoms with Gasteiger partial charge in [0.15, 0.2) is 0 Å². The maximum absolute atomic E-state index is 13.1. The predicted molar refractivity (Wildman–Crippen MR) is 119 cm³/mol. The Morgan fingerprint density at radius 3 is 1.53 bits per heavy atom. The van der Waals surface area contributed by atoms with Crippen molar-refractivity contribution >= 4 is 29.6 Å². The molecule has 8 N–H and O–H groups in total. The smallest absolute Gasteiger partial charge is 0.326 e. The number of aliphatic carboxylic acids is 1. The standard InChI is InChI=1S/C21H39N5O6/c1-7-11(5)16(19(29)24-13(21(31)32)9-14(22)27)26-20(30)17(12(6)8-2)25-18(28)15(23)10(3)4/h10-13,15-17H,7-9,23H2,1-6H3,(H2,22,27)(H,24,29)(H,25,28)(H,26,30)(H,31,32). The number of nitrogens with one attached hydrogen (secondary N) is 3. The second kappa shape index (κ2) is 13.7. The van der Waals surface area contributed by atoms with Crippen LogP contribution in [0, 0.1) is 17.8 Å². The summed E-state index contributed by atoms with van der Waals surface area (Å²) < 4.78 is 0. The molecule has 0 rings (SSSR count). The maximum Gasteiger partial charge on any atom is 0.326 e. The molecule has 0 saturated carbocycles. The zero-order chi connectivity index (χ0) is 25.2. The van der Waals surface area contributed by atoms with Gasteiger partial charge in [-0.05, 0) is 17.8 Å². The van der Waals surface area contributed by atoms with E-state index in [1.165, 1.54) is 0 Å². The monoisotopic (exact) mass is 457 g/mol. The Kier molecular flexibility index (Phi) is 12.5. The van der Waals surface area contributed by atoms with Gasteiger partial charge in [0.1, 0.15) is 18.1 Å². The van der Waals surface area contributed by atoms with E-state index in [0.717, 1.165) is 0 Å². The predicted octanol–water partition coefficient (Wildman–Crippen LogP) is -0.524. The van der Waals surface area contributed by atoms with Crippen molar-refractivity contribution in [2.75, 3.05) is 0 Å². The molecular weight excluding hydrogens is 418 g/mol. The van der Waals surface area contributed by atoms with Crippen LogP contribution in [0.25, 0.3) is 0 Å². The summed E-state index contributed by atoms with van der Waals surface area (Å²) in [4.78, 5) is 60.8. The van der Waals surface area contributed by atoms with Crippen molar-refractivity contribution < 1.29 is 29.1 Å². The van der Waals surface area contributed by atoms with E-state index in [-0.39, 0.29) is 17.8 Å². The lowest BCUT2D eigenvalue weighted by atomic mass is 9.94. The Balaban J connectivity index is 5.65. The zero-order valence-corrected chi connectivity index (χ0v) is 19.8. The lowest BCUT2D eigenvalue weighted by Crippen LogP contribution is -2.60. The molecule has 0 bridgehead atoms. The van der Waals surface area contributed by atoms with Crippen LogP contribution in [0.4, 0.5) is 0 Å². The summed E-state index contributed by atoms with van der Waals surface area (Å²) in [5.74, 6) is -4.85. The number of hydrogen-bond donors (Lipinski definition) is 6. The quantitative estimate of drug-likeness (QED) is 0.202. The fourth-order valence-electron chi connectivity index (χ4n) is 2.86. The minimum atomic E-state index is -1.52. The van der Waals surface area contributed by atoms with E-state index in [2.05, 4.69) is 16.0 Å². The topological polar surface area (TPSA) is 194 Å². The highest BCUT2D eigenvalue weighted by molar-refractivity contribution is 5.95. The molecule has 11 heteroatoms. The molecule has 0 aromatic rings. The van der Waals surface area contributed by atoms with Crippen molar-refractivity contribution in [3.63, 3.8) is 0 Å². The van der Waals surface area contributed by atoms with Gasteiger partial charge in [0.05, 0.1) is 12.5 Å². The summed E-state index contributed by atoms with van der Waals surface area (Å²) in [5.41, 5.74) is 10.9. The fourth-order valence-corrected chi connectivity index (χ4v) is 2.86. The van der Waals surface area contributed by atoms with Gasteiger partial charge in [0.25, 0.3) is 0 Å². The summed E-state index contributed by atoms with van der Waals surface area (Å²) in [6.07, 6.45) is 0.501. The molecule has 184 valence electrons. The number of hydrogen-bond acceptors (Lipinski definition) is 6. The molecule has 11 nitrogen and oxygen atoms in total. The molecule has 0 heterocycles. The normalized spacial score (nSPS) is 16.8. The molecule has 0 spiro atoms. The molecule has 0 radical (unpaired) electrons. The van der Waals surface area contributed by atoms with Gasteiger partial charge in [0.2, 0.25) is 23.6 Å². The molecule has 0 aliphatic heterocycles. The van der Waals surface area contributed by atoms with E-state index >= 15 is 0 Å². The van der Waals surface area contributed by atoms with Crippen LogP contribution in [0.1, 0.15) is 60.8 Å². The van der Waals surface area contributed by atoms with Crippen molar-refractivity contribution in [2.24, 2.45) is 29.2 Å². The van der Waals surface area contributed by atoms with Gasteiger partial charge in [-0.15, -0.1) is 0 Å². The van der Waals surface area contributed by atoms with E-state index in [0.29, 0.717) is 12.8 Å². The van der Waals surface area contributed by atoms with Crippen LogP contribution in [0.3, 0.4) is 0 Å². The van der Waals surface area contributed by atoms with Crippen LogP contribution in [0.15, 0.2) is 0 Å². The molecule has 6 unspecified atom stereocenters. The number of rotatable bonds is 14. The van der Waals surface area contributed by atoms with Crippen LogP contribution in [0.5, 0.6) is 0 Å². The third kappa shape index (κ3) is 9.21. The van der Waals surface area contributed by atoms with Crippen molar-refractivity contribution in [3.8, 4) is 0 Å². The Morgan fingerprint density at radius 2 is 1.19 bits per heavy atom. The van der Waals surface area contributed by atoms with Gasteiger partial charge >= 0.3 is 5.97 Å². The first kappa shape index (κ1) is 29.3. The minimum Gasteiger partial charge on any atom is -0.480 e.